The number of allylic oxidation sites excluding steroid dienone is 1. The van der Waals surface area contributed by atoms with E-state index in [4.69, 9.17) is 0 Å². The third-order valence-corrected chi connectivity index (χ3v) is 7.84. The van der Waals surface area contributed by atoms with Crippen LogP contribution in [0, 0.1) is 18.8 Å². The van der Waals surface area contributed by atoms with Gasteiger partial charge in [-0.3, -0.25) is 4.79 Å². The summed E-state index contributed by atoms with van der Waals surface area (Å²) in [6.45, 7) is 5.95. The second-order valence-corrected chi connectivity index (χ2v) is 9.85. The van der Waals surface area contributed by atoms with Crippen molar-refractivity contribution in [3.05, 3.63) is 64.3 Å². The Labute approximate surface area is 189 Å². The van der Waals surface area contributed by atoms with Crippen LogP contribution in [0.15, 0.2) is 35.6 Å². The number of benzene rings is 1. The van der Waals surface area contributed by atoms with Gasteiger partial charge in [0.05, 0.1) is 10.4 Å². The van der Waals surface area contributed by atoms with Crippen LogP contribution in [0.3, 0.4) is 0 Å². The number of aromatic nitrogens is 1. The molecular formula is C21H23FN3O3SW-. The summed E-state index contributed by atoms with van der Waals surface area (Å²) in [7, 11) is -3.72. The molecule has 4 rings (SSSR count). The maximum Gasteiger partial charge on any atom is 0.224 e. The normalized spacial score (nSPS) is 16.3. The fraction of sp³-hybridized carbons (Fsp3) is 0.381. The maximum atomic E-state index is 14.4. The van der Waals surface area contributed by atoms with Crippen LogP contribution < -0.4 is 15.6 Å². The number of sulfonamides is 1. The number of nitrogens with one attached hydrogen (secondary N) is 2. The first-order chi connectivity index (χ1) is 13.8. The van der Waals surface area contributed by atoms with Gasteiger partial charge in [-0.05, 0) is 62.4 Å². The SMILES string of the molecule is C=CCC1(S(=O)(=O)Nc2c(Nc3ccc(C)cc3F)[c-]c(=O)n3c2CCC3)CC1.[W]. The quantitative estimate of drug-likeness (QED) is 0.376. The maximum absolute atomic E-state index is 14.4. The minimum Gasteiger partial charge on any atom is -0.386 e. The number of hydrogen-bond donors (Lipinski definition) is 2. The van der Waals surface area contributed by atoms with Crippen molar-refractivity contribution in [2.24, 2.45) is 0 Å². The fourth-order valence-electron chi connectivity index (χ4n) is 3.83. The van der Waals surface area contributed by atoms with Crippen LogP contribution in [0.25, 0.3) is 0 Å². The van der Waals surface area contributed by atoms with Gasteiger partial charge >= 0.3 is 0 Å². The van der Waals surface area contributed by atoms with Crippen LogP contribution in [-0.4, -0.2) is 17.7 Å². The smallest absolute Gasteiger partial charge is 0.224 e. The van der Waals surface area contributed by atoms with E-state index in [1.54, 1.807) is 25.1 Å². The number of aryl methyl sites for hydroxylation is 1. The van der Waals surface area contributed by atoms with Gasteiger partial charge in [-0.2, -0.15) is 6.07 Å². The number of halogens is 1. The predicted octanol–water partition coefficient (Wildman–Crippen LogP) is 3.63. The molecule has 0 amide bonds. The first-order valence-electron chi connectivity index (χ1n) is 9.62. The molecule has 1 fully saturated rings. The zero-order valence-corrected chi connectivity index (χ0v) is 20.4. The molecule has 0 atom stereocenters. The summed E-state index contributed by atoms with van der Waals surface area (Å²) in [5.74, 6) is -0.488. The molecule has 1 aromatic heterocycles. The van der Waals surface area contributed by atoms with Gasteiger partial charge in [0.1, 0.15) is 5.82 Å². The van der Waals surface area contributed by atoms with Gasteiger partial charge < -0.3 is 14.6 Å². The summed E-state index contributed by atoms with van der Waals surface area (Å²) in [4.78, 5) is 12.5. The Bertz CT molecular complexity index is 1160. The van der Waals surface area contributed by atoms with Crippen LogP contribution in [0.1, 0.15) is 36.9 Å². The van der Waals surface area contributed by atoms with E-state index in [9.17, 15) is 17.6 Å². The molecular weight excluding hydrogens is 577 g/mol. The van der Waals surface area contributed by atoms with Gasteiger partial charge in [0.25, 0.3) is 0 Å². The molecule has 0 saturated heterocycles. The van der Waals surface area contributed by atoms with E-state index in [1.165, 1.54) is 10.6 Å². The van der Waals surface area contributed by atoms with Crippen LogP contribution in [-0.2, 0) is 44.1 Å². The van der Waals surface area contributed by atoms with Crippen molar-refractivity contribution in [3.63, 3.8) is 0 Å². The molecule has 30 heavy (non-hydrogen) atoms. The zero-order chi connectivity index (χ0) is 20.8. The first kappa shape index (κ1) is 22.8. The van der Waals surface area contributed by atoms with Crippen LogP contribution in [0.5, 0.6) is 0 Å². The van der Waals surface area contributed by atoms with E-state index in [0.717, 1.165) is 12.0 Å². The molecule has 6 nitrogen and oxygen atoms in total. The molecule has 1 saturated carbocycles. The van der Waals surface area contributed by atoms with E-state index in [-0.39, 0.29) is 43.7 Å². The average Bonchev–Trinajstić information content (AvgIpc) is 3.28. The third-order valence-electron chi connectivity index (χ3n) is 5.65. The van der Waals surface area contributed by atoms with E-state index in [1.807, 2.05) is 0 Å². The van der Waals surface area contributed by atoms with Crippen LogP contribution >= 0.6 is 0 Å². The summed E-state index contributed by atoms with van der Waals surface area (Å²) >= 11 is 0. The number of pyridine rings is 1. The van der Waals surface area contributed by atoms with Crippen molar-refractivity contribution in [2.75, 3.05) is 10.0 Å². The van der Waals surface area contributed by atoms with Crippen molar-refractivity contribution in [1.82, 2.24) is 4.57 Å². The zero-order valence-electron chi connectivity index (χ0n) is 16.6. The van der Waals surface area contributed by atoms with Gasteiger partial charge in [0.15, 0.2) is 5.56 Å². The van der Waals surface area contributed by atoms with Crippen molar-refractivity contribution < 1.29 is 33.9 Å². The van der Waals surface area contributed by atoms with Gasteiger partial charge in [0, 0.05) is 27.6 Å². The number of fused-ring (bicyclic) bond motifs is 1. The molecule has 0 spiro atoms. The predicted molar refractivity (Wildman–Crippen MR) is 112 cm³/mol. The summed E-state index contributed by atoms with van der Waals surface area (Å²) in [5, 5.41) is 2.87. The molecule has 160 valence electrons. The molecule has 2 N–H and O–H groups in total. The summed E-state index contributed by atoms with van der Waals surface area (Å²) in [5.41, 5.74) is 1.57. The molecule has 2 aromatic rings. The Morgan fingerprint density at radius 1 is 1.37 bits per heavy atom. The van der Waals surface area contributed by atoms with E-state index >= 15 is 0 Å². The number of hydrogen-bond acceptors (Lipinski definition) is 4. The Morgan fingerprint density at radius 2 is 2.10 bits per heavy atom. The van der Waals surface area contributed by atoms with Crippen molar-refractivity contribution in [1.29, 1.82) is 0 Å². The minimum atomic E-state index is -3.72. The molecule has 9 heteroatoms. The second kappa shape index (κ2) is 8.31. The molecule has 1 aromatic carbocycles. The number of nitrogens with zero attached hydrogens (tertiary/aromatic N) is 1. The van der Waals surface area contributed by atoms with E-state index in [2.05, 4.69) is 22.7 Å². The third kappa shape index (κ3) is 3.99. The van der Waals surface area contributed by atoms with Crippen LogP contribution in [0.4, 0.5) is 21.5 Å². The summed E-state index contributed by atoms with van der Waals surface area (Å²) in [6, 6.07) is 7.34. The molecule has 0 bridgehead atoms. The van der Waals surface area contributed by atoms with E-state index < -0.39 is 20.6 Å². The van der Waals surface area contributed by atoms with Crippen LogP contribution in [0.2, 0.25) is 0 Å². The van der Waals surface area contributed by atoms with E-state index in [0.29, 0.717) is 37.9 Å². The standard InChI is InChI=1S/C21H23FN3O3S.W/c1-3-8-21(9-10-21)29(27,28)24-20-17(13-19(26)25-11-4-5-18(20)25)23-16-7-6-14(2)12-15(16)22;/h3,6-7,12,23-24H,1,4-5,8-11H2,2H3;/q-1;. The molecule has 2 heterocycles. The molecule has 0 radical (unpaired) electrons. The Balaban J connectivity index is 0.00000256. The van der Waals surface area contributed by atoms with Crippen molar-refractivity contribution >= 4 is 27.1 Å². The minimum absolute atomic E-state index is 0. The molecule has 0 unspecified atom stereocenters. The summed E-state index contributed by atoms with van der Waals surface area (Å²) < 4.78 is 44.0. The topological polar surface area (TPSA) is 80.2 Å². The average molecular weight is 600 g/mol. The van der Waals surface area contributed by atoms with Gasteiger partial charge in [0.2, 0.25) is 10.0 Å². The largest absolute Gasteiger partial charge is 0.386 e. The fourth-order valence-corrected chi connectivity index (χ4v) is 5.51. The number of rotatable bonds is 7. The van der Waals surface area contributed by atoms with Crippen molar-refractivity contribution in [3.8, 4) is 0 Å². The van der Waals surface area contributed by atoms with Gasteiger partial charge in [-0.1, -0.05) is 17.8 Å². The molecule has 2 aliphatic rings. The van der Waals surface area contributed by atoms with Gasteiger partial charge in [-0.15, -0.1) is 12.3 Å². The Hall–Kier alpha value is -1.92. The molecule has 1 aliphatic carbocycles. The number of anilines is 3. The monoisotopic (exact) mass is 600 g/mol. The van der Waals surface area contributed by atoms with Gasteiger partial charge in [-0.25, -0.2) is 12.8 Å². The Kier molecular flexibility index (Phi) is 6.30. The van der Waals surface area contributed by atoms with Crippen molar-refractivity contribution in [2.45, 2.75) is 50.3 Å². The Morgan fingerprint density at radius 3 is 2.73 bits per heavy atom. The summed E-state index contributed by atoms with van der Waals surface area (Å²) in [6.07, 6.45) is 4.37. The molecule has 1 aliphatic heterocycles. The second-order valence-electron chi connectivity index (χ2n) is 7.77. The first-order valence-corrected chi connectivity index (χ1v) is 11.1.